The molecule has 1 N–H and O–H groups in total. The standard InChI is InChI=1S/C29H33N5O2S/c1-4-23-11-15-25(16-12-23)37(35,36)34-19-17-33(18-20-34)22(3)28-31-27-8-6-5-7-26(27)29(32-28)30-24-13-9-21(2)10-14-24/h5-16,22H,4,17-20H2,1-3H3,(H,30,31,32)/t22-/m1/s1. The van der Waals surface area contributed by atoms with E-state index >= 15 is 0 Å². The third kappa shape index (κ3) is 5.37. The zero-order valence-corrected chi connectivity index (χ0v) is 22.4. The molecular weight excluding hydrogens is 482 g/mol. The number of aromatic nitrogens is 2. The van der Waals surface area contributed by atoms with E-state index in [0.717, 1.165) is 40.2 Å². The highest BCUT2D eigenvalue weighted by atomic mass is 32.2. The molecule has 0 saturated carbocycles. The Hall–Kier alpha value is -3.33. The maximum absolute atomic E-state index is 13.2. The van der Waals surface area contributed by atoms with Gasteiger partial charge in [-0.25, -0.2) is 18.4 Å². The first-order valence-electron chi connectivity index (χ1n) is 12.8. The van der Waals surface area contributed by atoms with Crippen LogP contribution in [0.5, 0.6) is 0 Å². The summed E-state index contributed by atoms with van der Waals surface area (Å²) in [4.78, 5) is 12.4. The van der Waals surface area contributed by atoms with Gasteiger partial charge < -0.3 is 5.32 Å². The first-order chi connectivity index (χ1) is 17.8. The maximum Gasteiger partial charge on any atom is 0.243 e. The molecule has 3 aromatic carbocycles. The minimum atomic E-state index is -3.51. The van der Waals surface area contributed by atoms with E-state index < -0.39 is 10.0 Å². The molecule has 0 unspecified atom stereocenters. The second-order valence-electron chi connectivity index (χ2n) is 9.55. The molecule has 0 bridgehead atoms. The fraction of sp³-hybridized carbons (Fsp3) is 0.310. The molecular formula is C29H33N5O2S. The lowest BCUT2D eigenvalue weighted by atomic mass is 10.2. The van der Waals surface area contributed by atoms with Crippen LogP contribution in [0.3, 0.4) is 0 Å². The molecule has 4 aromatic rings. The Morgan fingerprint density at radius 3 is 2.24 bits per heavy atom. The van der Waals surface area contributed by atoms with Crippen molar-refractivity contribution in [3.63, 3.8) is 0 Å². The average molecular weight is 516 g/mol. The predicted molar refractivity (Wildman–Crippen MR) is 149 cm³/mol. The van der Waals surface area contributed by atoms with Crippen LogP contribution in [0.1, 0.15) is 36.8 Å². The van der Waals surface area contributed by atoms with Crippen molar-refractivity contribution >= 4 is 32.4 Å². The number of hydrogen-bond acceptors (Lipinski definition) is 6. The molecule has 0 spiro atoms. The van der Waals surface area contributed by atoms with Crippen LogP contribution in [0.2, 0.25) is 0 Å². The van der Waals surface area contributed by atoms with Crippen molar-refractivity contribution in [2.75, 3.05) is 31.5 Å². The molecule has 0 amide bonds. The predicted octanol–water partition coefficient (Wildman–Crippen LogP) is 5.31. The van der Waals surface area contributed by atoms with Crippen LogP contribution in [0, 0.1) is 6.92 Å². The molecule has 0 radical (unpaired) electrons. The molecule has 7 nitrogen and oxygen atoms in total. The normalized spacial score (nSPS) is 16.1. The van der Waals surface area contributed by atoms with Crippen LogP contribution < -0.4 is 5.32 Å². The highest BCUT2D eigenvalue weighted by molar-refractivity contribution is 7.89. The number of benzene rings is 3. The minimum Gasteiger partial charge on any atom is -0.340 e. The molecule has 8 heteroatoms. The van der Waals surface area contributed by atoms with Crippen LogP contribution in [-0.4, -0.2) is 53.8 Å². The molecule has 1 atom stereocenters. The number of sulfonamides is 1. The Morgan fingerprint density at radius 2 is 1.57 bits per heavy atom. The Kier molecular flexibility index (Phi) is 7.24. The lowest BCUT2D eigenvalue weighted by molar-refractivity contribution is 0.141. The number of para-hydroxylation sites is 1. The van der Waals surface area contributed by atoms with Gasteiger partial charge in [0.05, 0.1) is 16.5 Å². The monoisotopic (exact) mass is 515 g/mol. The number of nitrogens with one attached hydrogen (secondary N) is 1. The quantitative estimate of drug-likeness (QED) is 0.359. The molecule has 0 aliphatic carbocycles. The first-order valence-corrected chi connectivity index (χ1v) is 14.2. The van der Waals surface area contributed by atoms with Crippen molar-refractivity contribution in [3.8, 4) is 0 Å². The van der Waals surface area contributed by atoms with Crippen LogP contribution in [0.25, 0.3) is 10.9 Å². The van der Waals surface area contributed by atoms with E-state index in [1.165, 1.54) is 5.56 Å². The maximum atomic E-state index is 13.2. The summed E-state index contributed by atoms with van der Waals surface area (Å²) in [6.45, 7) is 8.32. The van der Waals surface area contributed by atoms with E-state index in [1.54, 1.807) is 16.4 Å². The van der Waals surface area contributed by atoms with Gasteiger partial charge in [0.2, 0.25) is 10.0 Å². The van der Waals surface area contributed by atoms with Gasteiger partial charge in [0.1, 0.15) is 11.6 Å². The molecule has 37 heavy (non-hydrogen) atoms. The van der Waals surface area contributed by atoms with Crippen molar-refractivity contribution in [3.05, 3.63) is 89.7 Å². The Morgan fingerprint density at radius 1 is 0.892 bits per heavy atom. The average Bonchev–Trinajstić information content (AvgIpc) is 2.94. The Balaban J connectivity index is 1.34. The summed E-state index contributed by atoms with van der Waals surface area (Å²) < 4.78 is 28.0. The number of hydrogen-bond donors (Lipinski definition) is 1. The van der Waals surface area contributed by atoms with Crippen LogP contribution in [0.15, 0.2) is 77.7 Å². The summed E-state index contributed by atoms with van der Waals surface area (Å²) in [5, 5.41) is 4.43. The summed E-state index contributed by atoms with van der Waals surface area (Å²) in [5.41, 5.74) is 4.18. The van der Waals surface area contributed by atoms with Gasteiger partial charge in [-0.05, 0) is 62.2 Å². The topological polar surface area (TPSA) is 78.4 Å². The SMILES string of the molecule is CCc1ccc(S(=O)(=O)N2CCN([C@H](C)c3nc(Nc4ccc(C)cc4)c4ccccc4n3)CC2)cc1. The van der Waals surface area contributed by atoms with Gasteiger partial charge in [-0.2, -0.15) is 4.31 Å². The molecule has 1 fully saturated rings. The van der Waals surface area contributed by atoms with E-state index in [2.05, 4.69) is 43.1 Å². The third-order valence-electron chi connectivity index (χ3n) is 7.10. The number of aryl methyl sites for hydroxylation is 2. The second-order valence-corrected chi connectivity index (χ2v) is 11.5. The smallest absolute Gasteiger partial charge is 0.243 e. The van der Waals surface area contributed by atoms with Gasteiger partial charge in [0, 0.05) is 37.3 Å². The van der Waals surface area contributed by atoms with Gasteiger partial charge in [-0.15, -0.1) is 0 Å². The lowest BCUT2D eigenvalue weighted by Crippen LogP contribution is -2.49. The van der Waals surface area contributed by atoms with Gasteiger partial charge in [0.25, 0.3) is 0 Å². The fourth-order valence-electron chi connectivity index (χ4n) is 4.69. The van der Waals surface area contributed by atoms with Crippen molar-refractivity contribution in [1.29, 1.82) is 0 Å². The number of rotatable bonds is 7. The Labute approximate surface area is 219 Å². The number of anilines is 2. The molecule has 5 rings (SSSR count). The zero-order chi connectivity index (χ0) is 26.0. The first kappa shape index (κ1) is 25.3. The molecule has 1 aromatic heterocycles. The Bertz CT molecular complexity index is 1480. The van der Waals surface area contributed by atoms with Gasteiger partial charge >= 0.3 is 0 Å². The van der Waals surface area contributed by atoms with E-state index in [1.807, 2.05) is 48.5 Å². The van der Waals surface area contributed by atoms with Crippen LogP contribution >= 0.6 is 0 Å². The van der Waals surface area contributed by atoms with Crippen molar-refractivity contribution in [1.82, 2.24) is 19.2 Å². The van der Waals surface area contributed by atoms with Gasteiger partial charge in [-0.3, -0.25) is 4.90 Å². The van der Waals surface area contributed by atoms with Crippen molar-refractivity contribution in [2.24, 2.45) is 0 Å². The number of piperazine rings is 1. The fourth-order valence-corrected chi connectivity index (χ4v) is 6.11. The minimum absolute atomic E-state index is 0.0585. The third-order valence-corrected chi connectivity index (χ3v) is 9.01. The highest BCUT2D eigenvalue weighted by Crippen LogP contribution is 2.28. The van der Waals surface area contributed by atoms with Gasteiger partial charge in [-0.1, -0.05) is 48.9 Å². The van der Waals surface area contributed by atoms with E-state index in [9.17, 15) is 8.42 Å². The van der Waals surface area contributed by atoms with E-state index in [-0.39, 0.29) is 6.04 Å². The van der Waals surface area contributed by atoms with Gasteiger partial charge in [0.15, 0.2) is 0 Å². The molecule has 1 saturated heterocycles. The molecule has 1 aliphatic heterocycles. The lowest BCUT2D eigenvalue weighted by Gasteiger charge is -2.36. The summed E-state index contributed by atoms with van der Waals surface area (Å²) in [5.74, 6) is 1.49. The van der Waals surface area contributed by atoms with Crippen molar-refractivity contribution in [2.45, 2.75) is 38.1 Å². The van der Waals surface area contributed by atoms with E-state index in [4.69, 9.17) is 9.97 Å². The summed E-state index contributed by atoms with van der Waals surface area (Å²) in [6.07, 6.45) is 0.885. The highest BCUT2D eigenvalue weighted by Gasteiger charge is 2.31. The number of nitrogens with zero attached hydrogens (tertiary/aromatic N) is 4. The summed E-state index contributed by atoms with van der Waals surface area (Å²) in [7, 11) is -3.51. The molecule has 1 aliphatic rings. The van der Waals surface area contributed by atoms with Crippen molar-refractivity contribution < 1.29 is 8.42 Å². The van der Waals surface area contributed by atoms with Crippen LogP contribution in [-0.2, 0) is 16.4 Å². The summed E-state index contributed by atoms with van der Waals surface area (Å²) in [6, 6.07) is 23.4. The second kappa shape index (κ2) is 10.6. The zero-order valence-electron chi connectivity index (χ0n) is 21.6. The largest absolute Gasteiger partial charge is 0.340 e. The molecule has 192 valence electrons. The number of fused-ring (bicyclic) bond motifs is 1. The summed E-state index contributed by atoms with van der Waals surface area (Å²) >= 11 is 0. The van der Waals surface area contributed by atoms with Crippen LogP contribution in [0.4, 0.5) is 11.5 Å². The van der Waals surface area contributed by atoms with E-state index in [0.29, 0.717) is 31.1 Å². The molecule has 2 heterocycles.